The summed E-state index contributed by atoms with van der Waals surface area (Å²) in [5, 5.41) is 7.59. The van der Waals surface area contributed by atoms with Crippen LogP contribution in [0.25, 0.3) is 82.5 Å². The third kappa shape index (κ3) is 4.06. The van der Waals surface area contributed by atoms with Gasteiger partial charge in [0.2, 0.25) is 0 Å². The molecule has 2 nitrogen and oxygen atoms in total. The second-order valence-electron chi connectivity index (χ2n) is 12.8. The van der Waals surface area contributed by atoms with E-state index in [0.29, 0.717) is 0 Å². The molecule has 1 aliphatic carbocycles. The Kier molecular flexibility index (Phi) is 6.04. The Morgan fingerprint density at radius 3 is 1.67 bits per heavy atom. The number of benzene rings is 7. The van der Waals surface area contributed by atoms with Crippen LogP contribution in [0, 0.1) is 0 Å². The lowest BCUT2D eigenvalue weighted by molar-refractivity contribution is 1.04. The summed E-state index contributed by atoms with van der Waals surface area (Å²) in [7, 11) is 0. The molecule has 0 saturated carbocycles. The molecule has 2 heterocycles. The zero-order valence-corrected chi connectivity index (χ0v) is 26.5. The average molecular weight is 613 g/mol. The Balaban J connectivity index is 1.25. The van der Waals surface area contributed by atoms with Crippen molar-refractivity contribution in [3.05, 3.63) is 175 Å². The number of fused-ring (bicyclic) bond motifs is 7. The van der Waals surface area contributed by atoms with E-state index in [4.69, 9.17) is 0 Å². The number of hydrogen-bond acceptors (Lipinski definition) is 0. The molecular formula is C46H32N2. The molecule has 0 unspecified atom stereocenters. The standard InChI is InChI=1S/C46H32N2/c1-3-13-31(14-4-1)32-23-25-34(26-24-32)47-42-21-11-9-19-38(42)40-30-46-41(29-45(40)47)39-20-10-12-22-43(39)48(46)44-28-27-35(33-15-5-2-6-16-33)36-17-7-8-18-37(36)44/h1,3-5,7-30H,2,6H2. The fourth-order valence-corrected chi connectivity index (χ4v) is 7.94. The highest BCUT2D eigenvalue weighted by atomic mass is 15.0. The van der Waals surface area contributed by atoms with Crippen LogP contribution < -0.4 is 0 Å². The summed E-state index contributed by atoms with van der Waals surface area (Å²) in [6, 6.07) is 55.7. The fraction of sp³-hybridized carbons (Fsp3) is 0.0435. The maximum Gasteiger partial charge on any atom is 0.0549 e. The van der Waals surface area contributed by atoms with Crippen molar-refractivity contribution in [2.75, 3.05) is 0 Å². The summed E-state index contributed by atoms with van der Waals surface area (Å²) in [5.41, 5.74) is 12.3. The molecule has 0 spiro atoms. The molecule has 0 radical (unpaired) electrons. The molecule has 0 N–H and O–H groups in total. The second kappa shape index (κ2) is 10.7. The van der Waals surface area contributed by atoms with E-state index in [0.717, 1.165) is 18.5 Å². The first-order valence-electron chi connectivity index (χ1n) is 16.8. The van der Waals surface area contributed by atoms with Crippen molar-refractivity contribution in [1.82, 2.24) is 9.13 Å². The van der Waals surface area contributed by atoms with Crippen LogP contribution in [0.5, 0.6) is 0 Å². The summed E-state index contributed by atoms with van der Waals surface area (Å²) in [4.78, 5) is 0. The smallest absolute Gasteiger partial charge is 0.0549 e. The van der Waals surface area contributed by atoms with Crippen LogP contribution in [0.1, 0.15) is 18.4 Å². The zero-order valence-electron chi connectivity index (χ0n) is 26.5. The van der Waals surface area contributed by atoms with Crippen LogP contribution in [-0.4, -0.2) is 9.13 Å². The van der Waals surface area contributed by atoms with E-state index in [-0.39, 0.29) is 0 Å². The molecule has 226 valence electrons. The number of allylic oxidation sites excluding steroid dienone is 4. The highest BCUT2D eigenvalue weighted by Gasteiger charge is 2.20. The molecule has 1 aliphatic rings. The van der Waals surface area contributed by atoms with Crippen LogP contribution in [0.2, 0.25) is 0 Å². The van der Waals surface area contributed by atoms with Crippen molar-refractivity contribution in [2.24, 2.45) is 0 Å². The van der Waals surface area contributed by atoms with Crippen molar-refractivity contribution in [3.8, 4) is 22.5 Å². The van der Waals surface area contributed by atoms with E-state index in [9.17, 15) is 0 Å². The molecule has 2 heteroatoms. The Labute approximate surface area is 279 Å². The van der Waals surface area contributed by atoms with E-state index in [1.54, 1.807) is 0 Å². The van der Waals surface area contributed by atoms with Crippen molar-refractivity contribution in [3.63, 3.8) is 0 Å². The van der Waals surface area contributed by atoms with E-state index >= 15 is 0 Å². The predicted octanol–water partition coefficient (Wildman–Crippen LogP) is 12.4. The fourth-order valence-electron chi connectivity index (χ4n) is 7.94. The van der Waals surface area contributed by atoms with Gasteiger partial charge in [-0.3, -0.25) is 0 Å². The summed E-state index contributed by atoms with van der Waals surface area (Å²) in [6.45, 7) is 0. The topological polar surface area (TPSA) is 9.86 Å². The molecule has 0 amide bonds. The number of hydrogen-bond donors (Lipinski definition) is 0. The lowest BCUT2D eigenvalue weighted by atomic mass is 9.93. The highest BCUT2D eigenvalue weighted by Crippen LogP contribution is 2.41. The lowest BCUT2D eigenvalue weighted by Gasteiger charge is -2.16. The van der Waals surface area contributed by atoms with Crippen LogP contribution in [0.3, 0.4) is 0 Å². The van der Waals surface area contributed by atoms with Gasteiger partial charge < -0.3 is 9.13 Å². The van der Waals surface area contributed by atoms with Gasteiger partial charge in [-0.05, 0) is 83.0 Å². The van der Waals surface area contributed by atoms with Crippen molar-refractivity contribution >= 4 is 60.0 Å². The highest BCUT2D eigenvalue weighted by molar-refractivity contribution is 6.19. The van der Waals surface area contributed by atoms with Gasteiger partial charge in [-0.2, -0.15) is 0 Å². The number of aromatic nitrogens is 2. The van der Waals surface area contributed by atoms with Crippen LogP contribution >= 0.6 is 0 Å². The maximum absolute atomic E-state index is 2.49. The molecule has 0 bridgehead atoms. The molecule has 0 aliphatic heterocycles. The minimum atomic E-state index is 1.09. The molecule has 0 fully saturated rings. The van der Waals surface area contributed by atoms with Crippen LogP contribution in [0.4, 0.5) is 0 Å². The number of para-hydroxylation sites is 2. The summed E-state index contributed by atoms with van der Waals surface area (Å²) < 4.78 is 4.92. The van der Waals surface area contributed by atoms with Crippen LogP contribution in [0.15, 0.2) is 170 Å². The number of nitrogens with zero attached hydrogens (tertiary/aromatic N) is 2. The van der Waals surface area contributed by atoms with Gasteiger partial charge in [0.05, 0.1) is 27.8 Å². The van der Waals surface area contributed by atoms with E-state index < -0.39 is 0 Å². The van der Waals surface area contributed by atoms with Gasteiger partial charge in [-0.1, -0.05) is 127 Å². The Morgan fingerprint density at radius 1 is 0.396 bits per heavy atom. The lowest BCUT2D eigenvalue weighted by Crippen LogP contribution is -1.98. The van der Waals surface area contributed by atoms with Gasteiger partial charge >= 0.3 is 0 Å². The van der Waals surface area contributed by atoms with Crippen molar-refractivity contribution in [2.45, 2.75) is 12.8 Å². The first-order valence-corrected chi connectivity index (χ1v) is 16.8. The molecule has 2 aromatic heterocycles. The summed E-state index contributed by atoms with van der Waals surface area (Å²) >= 11 is 0. The second-order valence-corrected chi connectivity index (χ2v) is 12.8. The van der Waals surface area contributed by atoms with Gasteiger partial charge in [0.25, 0.3) is 0 Å². The SMILES string of the molecule is C1=CC(c2ccc(-n3c4ccccc4c4cc5c(cc43)c3ccccc3n5-c3ccc(-c4ccccc4)cc3)c3ccccc23)=CCC1. The normalized spacial score (nSPS) is 13.3. The van der Waals surface area contributed by atoms with E-state index in [1.807, 2.05) is 0 Å². The van der Waals surface area contributed by atoms with Gasteiger partial charge in [0.1, 0.15) is 0 Å². The quantitative estimate of drug-likeness (QED) is 0.187. The van der Waals surface area contributed by atoms with E-state index in [2.05, 4.69) is 179 Å². The molecule has 0 saturated heterocycles. The molecule has 48 heavy (non-hydrogen) atoms. The monoisotopic (exact) mass is 612 g/mol. The zero-order chi connectivity index (χ0) is 31.6. The minimum absolute atomic E-state index is 1.09. The first kappa shape index (κ1) is 27.0. The van der Waals surface area contributed by atoms with Crippen LogP contribution in [-0.2, 0) is 0 Å². The third-order valence-electron chi connectivity index (χ3n) is 10.1. The Bertz CT molecular complexity index is 2750. The van der Waals surface area contributed by atoms with Gasteiger partial charge in [0.15, 0.2) is 0 Å². The minimum Gasteiger partial charge on any atom is -0.309 e. The average Bonchev–Trinajstić information content (AvgIpc) is 3.66. The van der Waals surface area contributed by atoms with E-state index in [1.165, 1.54) is 82.3 Å². The van der Waals surface area contributed by atoms with Gasteiger partial charge in [-0.15, -0.1) is 0 Å². The maximum atomic E-state index is 2.49. The molecule has 9 aromatic rings. The predicted molar refractivity (Wildman–Crippen MR) is 204 cm³/mol. The summed E-state index contributed by atoms with van der Waals surface area (Å²) in [5.74, 6) is 0. The molecule has 7 aromatic carbocycles. The van der Waals surface area contributed by atoms with Crippen molar-refractivity contribution < 1.29 is 0 Å². The van der Waals surface area contributed by atoms with Gasteiger partial charge in [-0.25, -0.2) is 0 Å². The third-order valence-corrected chi connectivity index (χ3v) is 10.1. The Hall–Kier alpha value is -6.12. The molecular weight excluding hydrogens is 581 g/mol. The molecule has 0 atom stereocenters. The molecule has 10 rings (SSSR count). The summed E-state index contributed by atoms with van der Waals surface area (Å²) in [6.07, 6.45) is 9.17. The van der Waals surface area contributed by atoms with Crippen molar-refractivity contribution in [1.29, 1.82) is 0 Å². The Morgan fingerprint density at radius 2 is 0.979 bits per heavy atom. The number of rotatable bonds is 4. The van der Waals surface area contributed by atoms with Gasteiger partial charge in [0, 0.05) is 32.6 Å². The largest absolute Gasteiger partial charge is 0.309 e. The first-order chi connectivity index (χ1) is 23.8.